The first-order valence-electron chi connectivity index (χ1n) is 6.54. The molecule has 0 saturated heterocycles. The second-order valence-electron chi connectivity index (χ2n) is 5.13. The number of fused-ring (bicyclic) bond motifs is 1. The van der Waals surface area contributed by atoms with Gasteiger partial charge in [0.1, 0.15) is 5.84 Å². The van der Waals surface area contributed by atoms with E-state index in [2.05, 4.69) is 16.4 Å². The fraction of sp³-hybridized carbons (Fsp3) is 0.500. The Morgan fingerprint density at radius 1 is 1.47 bits per heavy atom. The van der Waals surface area contributed by atoms with E-state index in [4.69, 9.17) is 17.3 Å². The molecule has 1 aromatic rings. The lowest BCUT2D eigenvalue weighted by Crippen LogP contribution is -2.28. The van der Waals surface area contributed by atoms with Crippen LogP contribution in [0, 0.1) is 6.92 Å². The number of anilines is 1. The number of nitrogens with two attached hydrogens (primary N) is 1. The van der Waals surface area contributed by atoms with Gasteiger partial charge >= 0.3 is 0 Å². The predicted molar refractivity (Wildman–Crippen MR) is 83.8 cm³/mol. The molecule has 1 unspecified atom stereocenters. The van der Waals surface area contributed by atoms with E-state index in [-0.39, 0.29) is 12.4 Å². The van der Waals surface area contributed by atoms with Crippen LogP contribution in [0.4, 0.5) is 5.69 Å². The molecule has 0 spiro atoms. The van der Waals surface area contributed by atoms with Gasteiger partial charge in [0.05, 0.1) is 17.3 Å². The molecule has 1 aliphatic heterocycles. The van der Waals surface area contributed by atoms with Gasteiger partial charge in [-0.2, -0.15) is 0 Å². The lowest BCUT2D eigenvalue weighted by atomic mass is 9.81. The predicted octanol–water partition coefficient (Wildman–Crippen LogP) is 3.07. The molecular formula is C14H19Cl2N3. The van der Waals surface area contributed by atoms with E-state index >= 15 is 0 Å². The normalized spacial score (nSPS) is 21.2. The highest BCUT2D eigenvalue weighted by molar-refractivity contribution is 6.34. The summed E-state index contributed by atoms with van der Waals surface area (Å²) in [5.74, 6) is 1.52. The smallest absolute Gasteiger partial charge is 0.104 e. The molecule has 3 nitrogen and oxygen atoms in total. The highest BCUT2D eigenvalue weighted by Gasteiger charge is 2.28. The van der Waals surface area contributed by atoms with E-state index < -0.39 is 0 Å². The lowest BCUT2D eigenvalue weighted by molar-refractivity contribution is 0.641. The van der Waals surface area contributed by atoms with Crippen molar-refractivity contribution < 1.29 is 0 Å². The third kappa shape index (κ3) is 2.41. The number of hydrogen-bond acceptors (Lipinski definition) is 3. The average molecular weight is 300 g/mol. The van der Waals surface area contributed by atoms with Crippen molar-refractivity contribution in [2.24, 2.45) is 4.99 Å². The molecule has 0 aromatic heterocycles. The van der Waals surface area contributed by atoms with E-state index in [1.807, 2.05) is 6.92 Å². The largest absolute Gasteiger partial charge is 0.397 e. The molecule has 0 bridgehead atoms. The minimum absolute atomic E-state index is 0. The van der Waals surface area contributed by atoms with Crippen molar-refractivity contribution >= 4 is 35.5 Å². The van der Waals surface area contributed by atoms with Crippen molar-refractivity contribution in [1.29, 1.82) is 0 Å². The molecule has 0 saturated carbocycles. The topological polar surface area (TPSA) is 50.4 Å². The zero-order valence-electron chi connectivity index (χ0n) is 11.0. The van der Waals surface area contributed by atoms with Crippen LogP contribution >= 0.6 is 24.0 Å². The lowest BCUT2D eigenvalue weighted by Gasteiger charge is -2.28. The Morgan fingerprint density at radius 2 is 2.26 bits per heavy atom. The molecule has 1 heterocycles. The maximum Gasteiger partial charge on any atom is 0.104 e. The van der Waals surface area contributed by atoms with Gasteiger partial charge in [0, 0.05) is 12.5 Å². The third-order valence-corrected chi connectivity index (χ3v) is 4.40. The Hall–Kier alpha value is -0.930. The number of nitrogens with zero attached hydrogens (tertiary/aromatic N) is 1. The van der Waals surface area contributed by atoms with Crippen LogP contribution in [0.2, 0.25) is 5.02 Å². The maximum atomic E-state index is 6.40. The molecule has 2 aliphatic rings. The molecule has 104 valence electrons. The fourth-order valence-electron chi connectivity index (χ4n) is 3.00. The standard InChI is InChI=1S/C14H18ClN3.ClH/c1-8-7-11-9(12(15)13(8)16)3-2-4-10(11)14-17-5-6-18-14;/h7,10H,2-6,16H2,1H3,(H,17,18);1H. The van der Waals surface area contributed by atoms with Gasteiger partial charge in [-0.05, 0) is 42.9 Å². The van der Waals surface area contributed by atoms with Gasteiger partial charge in [0.15, 0.2) is 0 Å². The summed E-state index contributed by atoms with van der Waals surface area (Å²) in [6.07, 6.45) is 3.33. The molecule has 19 heavy (non-hydrogen) atoms. The summed E-state index contributed by atoms with van der Waals surface area (Å²) in [4.78, 5) is 4.57. The minimum Gasteiger partial charge on any atom is -0.397 e. The zero-order chi connectivity index (χ0) is 12.7. The Bertz CT molecular complexity index is 526. The minimum atomic E-state index is 0. The van der Waals surface area contributed by atoms with Crippen LogP contribution in [0.1, 0.15) is 35.4 Å². The van der Waals surface area contributed by atoms with Gasteiger partial charge in [-0.15, -0.1) is 12.4 Å². The number of rotatable bonds is 1. The van der Waals surface area contributed by atoms with Crippen molar-refractivity contribution in [1.82, 2.24) is 5.32 Å². The van der Waals surface area contributed by atoms with Crippen LogP contribution < -0.4 is 11.1 Å². The molecule has 5 heteroatoms. The van der Waals surface area contributed by atoms with Crippen LogP contribution in [-0.2, 0) is 6.42 Å². The Kier molecular flexibility index (Phi) is 4.26. The molecule has 0 radical (unpaired) electrons. The summed E-state index contributed by atoms with van der Waals surface area (Å²) in [5, 5.41) is 4.15. The summed E-state index contributed by atoms with van der Waals surface area (Å²) in [6, 6.07) is 2.20. The molecule has 0 amide bonds. The van der Waals surface area contributed by atoms with Crippen molar-refractivity contribution in [3.8, 4) is 0 Å². The van der Waals surface area contributed by atoms with Crippen LogP contribution in [0.3, 0.4) is 0 Å². The highest BCUT2D eigenvalue weighted by atomic mass is 35.5. The first-order chi connectivity index (χ1) is 8.68. The monoisotopic (exact) mass is 299 g/mol. The summed E-state index contributed by atoms with van der Waals surface area (Å²) in [5.41, 5.74) is 10.4. The van der Waals surface area contributed by atoms with Crippen molar-refractivity contribution in [3.63, 3.8) is 0 Å². The van der Waals surface area contributed by atoms with E-state index in [0.29, 0.717) is 5.92 Å². The molecule has 0 fully saturated rings. The number of benzene rings is 1. The third-order valence-electron chi connectivity index (χ3n) is 3.97. The summed E-state index contributed by atoms with van der Waals surface area (Å²) in [6.45, 7) is 3.88. The summed E-state index contributed by atoms with van der Waals surface area (Å²) >= 11 is 6.40. The molecule has 3 N–H and O–H groups in total. The number of nitrogen functional groups attached to an aromatic ring is 1. The van der Waals surface area contributed by atoms with Crippen molar-refractivity contribution in [2.75, 3.05) is 18.8 Å². The zero-order valence-corrected chi connectivity index (χ0v) is 12.6. The van der Waals surface area contributed by atoms with E-state index in [1.165, 1.54) is 11.1 Å². The van der Waals surface area contributed by atoms with Crippen molar-refractivity contribution in [2.45, 2.75) is 32.1 Å². The number of hydrogen-bond donors (Lipinski definition) is 2. The van der Waals surface area contributed by atoms with Gasteiger partial charge in [-0.1, -0.05) is 17.7 Å². The molecule has 3 rings (SSSR count). The molecular weight excluding hydrogens is 281 g/mol. The van der Waals surface area contributed by atoms with Gasteiger partial charge in [0.2, 0.25) is 0 Å². The number of nitrogens with one attached hydrogen (secondary N) is 1. The van der Waals surface area contributed by atoms with Crippen LogP contribution in [-0.4, -0.2) is 18.9 Å². The highest BCUT2D eigenvalue weighted by Crippen LogP contribution is 2.40. The quantitative estimate of drug-likeness (QED) is 0.783. The van der Waals surface area contributed by atoms with E-state index in [1.54, 1.807) is 0 Å². The Morgan fingerprint density at radius 3 is 2.95 bits per heavy atom. The number of amidine groups is 1. The molecule has 1 atom stereocenters. The maximum absolute atomic E-state index is 6.40. The number of halogens is 2. The fourth-order valence-corrected chi connectivity index (χ4v) is 3.35. The van der Waals surface area contributed by atoms with Gasteiger partial charge in [-0.3, -0.25) is 4.99 Å². The van der Waals surface area contributed by atoms with Crippen molar-refractivity contribution in [3.05, 3.63) is 27.8 Å². The molecule has 1 aliphatic carbocycles. The molecule has 1 aromatic carbocycles. The van der Waals surface area contributed by atoms with E-state index in [0.717, 1.165) is 54.5 Å². The summed E-state index contributed by atoms with van der Waals surface area (Å²) < 4.78 is 0. The second-order valence-corrected chi connectivity index (χ2v) is 5.51. The van der Waals surface area contributed by atoms with Crippen LogP contribution in [0.25, 0.3) is 0 Å². The van der Waals surface area contributed by atoms with Gasteiger partial charge in [0.25, 0.3) is 0 Å². The first kappa shape index (κ1) is 14.5. The van der Waals surface area contributed by atoms with Gasteiger partial charge < -0.3 is 11.1 Å². The van der Waals surface area contributed by atoms with E-state index in [9.17, 15) is 0 Å². The summed E-state index contributed by atoms with van der Waals surface area (Å²) in [7, 11) is 0. The SMILES string of the molecule is Cc1cc2c(c(Cl)c1N)CCCC2C1=NCCN1.Cl. The average Bonchev–Trinajstić information content (AvgIpc) is 2.89. The number of aliphatic imine (C=N–C) groups is 1. The first-order valence-corrected chi connectivity index (χ1v) is 6.92. The second kappa shape index (κ2) is 5.59. The number of aryl methyl sites for hydroxylation is 1. The Balaban J connectivity index is 0.00000133. The Labute approximate surface area is 125 Å². The van der Waals surface area contributed by atoms with Crippen LogP contribution in [0.5, 0.6) is 0 Å². The van der Waals surface area contributed by atoms with Crippen LogP contribution in [0.15, 0.2) is 11.1 Å². The van der Waals surface area contributed by atoms with Gasteiger partial charge in [-0.25, -0.2) is 0 Å².